The molecule has 0 saturated heterocycles. The lowest BCUT2D eigenvalue weighted by atomic mass is 10.2. The third kappa shape index (κ3) is 4.93. The Bertz CT molecular complexity index is 892. The maximum absolute atomic E-state index is 12.2. The summed E-state index contributed by atoms with van der Waals surface area (Å²) < 4.78 is 11.4. The summed E-state index contributed by atoms with van der Waals surface area (Å²) in [6, 6.07) is 16.5. The summed E-state index contributed by atoms with van der Waals surface area (Å²) in [4.78, 5) is 12.2. The zero-order chi connectivity index (χ0) is 19.1. The number of benzene rings is 2. The second-order valence-electron chi connectivity index (χ2n) is 5.85. The fourth-order valence-corrected chi connectivity index (χ4v) is 2.72. The summed E-state index contributed by atoms with van der Waals surface area (Å²) in [5.74, 6) is 0.912. The number of carbonyl (C=O) groups excluding carboxylic acids is 1. The van der Waals surface area contributed by atoms with Crippen molar-refractivity contribution in [2.75, 3.05) is 13.2 Å². The third-order valence-electron chi connectivity index (χ3n) is 3.92. The smallest absolute Gasteiger partial charge is 0.263 e. The Kier molecular flexibility index (Phi) is 6.18. The van der Waals surface area contributed by atoms with Crippen molar-refractivity contribution in [1.29, 1.82) is 5.26 Å². The number of carbonyl (C=O) groups is 1. The van der Waals surface area contributed by atoms with E-state index in [0.29, 0.717) is 29.7 Å². The molecule has 0 spiro atoms. The van der Waals surface area contributed by atoms with E-state index in [-0.39, 0.29) is 18.2 Å². The van der Waals surface area contributed by atoms with Crippen molar-refractivity contribution in [3.05, 3.63) is 70.9 Å². The van der Waals surface area contributed by atoms with Crippen molar-refractivity contribution in [2.24, 2.45) is 0 Å². The van der Waals surface area contributed by atoms with Crippen LogP contribution in [0.2, 0.25) is 5.02 Å². The van der Waals surface area contributed by atoms with E-state index in [4.69, 9.17) is 21.1 Å². The van der Waals surface area contributed by atoms with Gasteiger partial charge in [0.2, 0.25) is 0 Å². The van der Waals surface area contributed by atoms with E-state index in [1.54, 1.807) is 6.07 Å². The lowest BCUT2D eigenvalue weighted by Gasteiger charge is -2.26. The van der Waals surface area contributed by atoms with Crippen LogP contribution in [0.1, 0.15) is 5.56 Å². The molecule has 1 heterocycles. The summed E-state index contributed by atoms with van der Waals surface area (Å²) in [5.41, 5.74) is 0.753. The van der Waals surface area contributed by atoms with Crippen molar-refractivity contribution in [3.8, 4) is 17.6 Å². The minimum Gasteiger partial charge on any atom is -0.486 e. The van der Waals surface area contributed by atoms with Gasteiger partial charge in [-0.3, -0.25) is 4.79 Å². The molecule has 0 fully saturated rings. The highest BCUT2D eigenvalue weighted by molar-refractivity contribution is 6.31. The molecule has 6 nitrogen and oxygen atoms in total. The van der Waals surface area contributed by atoms with Gasteiger partial charge in [0.1, 0.15) is 24.4 Å². The van der Waals surface area contributed by atoms with Gasteiger partial charge in [0, 0.05) is 17.8 Å². The van der Waals surface area contributed by atoms with Gasteiger partial charge in [-0.2, -0.15) is 5.26 Å². The van der Waals surface area contributed by atoms with Crippen molar-refractivity contribution in [3.63, 3.8) is 0 Å². The van der Waals surface area contributed by atoms with Crippen LogP contribution in [0.4, 0.5) is 0 Å². The van der Waals surface area contributed by atoms with Gasteiger partial charge < -0.3 is 20.1 Å². The lowest BCUT2D eigenvalue weighted by molar-refractivity contribution is -0.117. The van der Waals surface area contributed by atoms with Gasteiger partial charge >= 0.3 is 0 Å². The number of amides is 1. The predicted octanol–water partition coefficient (Wildman–Crippen LogP) is 2.79. The van der Waals surface area contributed by atoms with E-state index in [9.17, 15) is 10.1 Å². The number of halogens is 1. The van der Waals surface area contributed by atoms with Crippen LogP contribution in [-0.4, -0.2) is 25.2 Å². The molecule has 2 N–H and O–H groups in total. The van der Waals surface area contributed by atoms with Crippen molar-refractivity contribution >= 4 is 17.5 Å². The summed E-state index contributed by atoms with van der Waals surface area (Å²) in [6.07, 6.45) is 1.16. The highest BCUT2D eigenvalue weighted by Gasteiger charge is 2.20. The standard InChI is InChI=1S/C20H18ClN3O3/c21-17-6-2-1-5-14(17)11-24-20(25)15(9-22)10-23-12-16-13-26-18-7-3-4-8-19(18)27-16/h1-8,10,16,23H,11-13H2,(H,24,25)/b15-10-. The fourth-order valence-electron chi connectivity index (χ4n) is 2.52. The maximum atomic E-state index is 12.2. The van der Waals surface area contributed by atoms with Crippen LogP contribution in [0, 0.1) is 11.3 Å². The molecule has 0 radical (unpaired) electrons. The Balaban J connectivity index is 1.50. The number of para-hydroxylation sites is 2. The quantitative estimate of drug-likeness (QED) is 0.592. The minimum absolute atomic E-state index is 0.0285. The van der Waals surface area contributed by atoms with Gasteiger partial charge in [-0.05, 0) is 23.8 Å². The molecule has 0 aromatic heterocycles. The zero-order valence-electron chi connectivity index (χ0n) is 14.4. The molecule has 2 aromatic carbocycles. The van der Waals surface area contributed by atoms with Crippen LogP contribution in [-0.2, 0) is 11.3 Å². The second kappa shape index (κ2) is 8.97. The summed E-state index contributed by atoms with van der Waals surface area (Å²) in [5, 5.41) is 15.4. The molecule has 0 bridgehead atoms. The first-order valence-corrected chi connectivity index (χ1v) is 8.79. The molecule has 138 valence electrons. The average molecular weight is 384 g/mol. The highest BCUT2D eigenvalue weighted by Crippen LogP contribution is 2.30. The first-order chi connectivity index (χ1) is 13.2. The molecular weight excluding hydrogens is 366 g/mol. The van der Waals surface area contributed by atoms with Crippen LogP contribution in [0.3, 0.4) is 0 Å². The average Bonchev–Trinajstić information content (AvgIpc) is 2.70. The highest BCUT2D eigenvalue weighted by atomic mass is 35.5. The number of hydrogen-bond donors (Lipinski definition) is 2. The van der Waals surface area contributed by atoms with Gasteiger partial charge in [-0.1, -0.05) is 41.9 Å². The number of nitriles is 1. The van der Waals surface area contributed by atoms with Crippen molar-refractivity contribution in [1.82, 2.24) is 10.6 Å². The van der Waals surface area contributed by atoms with Gasteiger partial charge in [0.25, 0.3) is 5.91 Å². The van der Waals surface area contributed by atoms with Crippen LogP contribution >= 0.6 is 11.6 Å². The Morgan fingerprint density at radius 3 is 2.74 bits per heavy atom. The monoisotopic (exact) mass is 383 g/mol. The number of hydrogen-bond acceptors (Lipinski definition) is 5. The molecule has 1 unspecified atom stereocenters. The van der Waals surface area contributed by atoms with E-state index in [1.807, 2.05) is 48.5 Å². The number of rotatable bonds is 6. The number of nitrogens with zero attached hydrogens (tertiary/aromatic N) is 1. The summed E-state index contributed by atoms with van der Waals surface area (Å²) in [6.45, 7) is 1.03. The molecule has 0 aliphatic carbocycles. The van der Waals surface area contributed by atoms with Crippen LogP contribution in [0.5, 0.6) is 11.5 Å². The van der Waals surface area contributed by atoms with E-state index in [2.05, 4.69) is 10.6 Å². The topological polar surface area (TPSA) is 83.4 Å². The van der Waals surface area contributed by atoms with E-state index >= 15 is 0 Å². The number of fused-ring (bicyclic) bond motifs is 1. The van der Waals surface area contributed by atoms with Gasteiger partial charge in [0.05, 0.1) is 6.54 Å². The number of nitrogens with one attached hydrogen (secondary N) is 2. The molecule has 1 atom stereocenters. The molecule has 2 aromatic rings. The van der Waals surface area contributed by atoms with Crippen LogP contribution < -0.4 is 20.1 Å². The molecule has 7 heteroatoms. The Morgan fingerprint density at radius 2 is 1.96 bits per heavy atom. The largest absolute Gasteiger partial charge is 0.486 e. The molecule has 1 amide bonds. The first kappa shape index (κ1) is 18.6. The molecule has 0 saturated carbocycles. The van der Waals surface area contributed by atoms with Crippen LogP contribution in [0.25, 0.3) is 0 Å². The maximum Gasteiger partial charge on any atom is 0.263 e. The Hall–Kier alpha value is -3.17. The molecule has 27 heavy (non-hydrogen) atoms. The molecule has 1 aliphatic heterocycles. The van der Waals surface area contributed by atoms with E-state index in [1.165, 1.54) is 6.20 Å². The first-order valence-electron chi connectivity index (χ1n) is 8.41. The van der Waals surface area contributed by atoms with Gasteiger partial charge in [-0.15, -0.1) is 0 Å². The van der Waals surface area contributed by atoms with E-state index < -0.39 is 5.91 Å². The molecule has 3 rings (SSSR count). The second-order valence-corrected chi connectivity index (χ2v) is 6.26. The predicted molar refractivity (Wildman–Crippen MR) is 101 cm³/mol. The molecular formula is C20H18ClN3O3. The fraction of sp³-hybridized carbons (Fsp3) is 0.200. The normalized spacial score (nSPS) is 15.6. The van der Waals surface area contributed by atoms with Gasteiger partial charge in [-0.25, -0.2) is 0 Å². The lowest BCUT2D eigenvalue weighted by Crippen LogP contribution is -2.37. The SMILES string of the molecule is N#C/C(=C/NCC1COc2ccccc2O1)C(=O)NCc1ccccc1Cl. The summed E-state index contributed by atoms with van der Waals surface area (Å²) >= 11 is 6.06. The van der Waals surface area contributed by atoms with Crippen molar-refractivity contribution in [2.45, 2.75) is 12.6 Å². The van der Waals surface area contributed by atoms with E-state index in [0.717, 1.165) is 5.56 Å². The minimum atomic E-state index is -0.476. The molecule has 1 aliphatic rings. The Labute approximate surface area is 162 Å². The number of ether oxygens (including phenoxy) is 2. The third-order valence-corrected chi connectivity index (χ3v) is 4.29. The van der Waals surface area contributed by atoms with Gasteiger partial charge in [0.15, 0.2) is 11.5 Å². The van der Waals surface area contributed by atoms with Crippen LogP contribution in [0.15, 0.2) is 60.3 Å². The summed E-state index contributed by atoms with van der Waals surface area (Å²) in [7, 11) is 0. The Morgan fingerprint density at radius 1 is 1.22 bits per heavy atom. The van der Waals surface area contributed by atoms with Crippen molar-refractivity contribution < 1.29 is 14.3 Å². The zero-order valence-corrected chi connectivity index (χ0v) is 15.2.